The van der Waals surface area contributed by atoms with E-state index in [1.54, 1.807) is 12.1 Å². The number of anilines is 1. The van der Waals surface area contributed by atoms with Gasteiger partial charge >= 0.3 is 6.03 Å². The summed E-state index contributed by atoms with van der Waals surface area (Å²) in [4.78, 5) is 37.8. The summed E-state index contributed by atoms with van der Waals surface area (Å²) in [6.07, 6.45) is 1.27. The Balaban J connectivity index is 1.67. The van der Waals surface area contributed by atoms with Crippen LogP contribution in [0.1, 0.15) is 5.76 Å². The van der Waals surface area contributed by atoms with Crippen molar-refractivity contribution in [2.24, 2.45) is 0 Å². The van der Waals surface area contributed by atoms with Crippen molar-refractivity contribution < 1.29 is 23.2 Å². The first-order valence-corrected chi connectivity index (χ1v) is 8.35. The van der Waals surface area contributed by atoms with Gasteiger partial charge in [-0.3, -0.25) is 14.9 Å². The van der Waals surface area contributed by atoms with Crippen LogP contribution in [0.15, 0.2) is 76.7 Å². The van der Waals surface area contributed by atoms with Crippen LogP contribution >= 0.6 is 0 Å². The number of urea groups is 1. The minimum atomic E-state index is -0.900. The monoisotopic (exact) mass is 376 g/mol. The summed E-state index contributed by atoms with van der Waals surface area (Å²) in [6, 6.07) is 16.6. The van der Waals surface area contributed by atoms with Crippen LogP contribution in [0, 0.1) is 5.82 Å². The Morgan fingerprint density at radius 2 is 1.61 bits per heavy atom. The van der Waals surface area contributed by atoms with Gasteiger partial charge in [0.15, 0.2) is 0 Å². The number of hydrogen-bond acceptors (Lipinski definition) is 4. The maximum atomic E-state index is 13.1. The maximum Gasteiger partial charge on any atom is 0.335 e. The number of amides is 4. The average Bonchev–Trinajstić information content (AvgIpc) is 3.16. The fraction of sp³-hybridized carbons (Fsp3) is 0. The van der Waals surface area contributed by atoms with Crippen molar-refractivity contribution in [2.45, 2.75) is 0 Å². The smallest absolute Gasteiger partial charge is 0.335 e. The molecule has 0 atom stereocenters. The van der Waals surface area contributed by atoms with E-state index in [4.69, 9.17) is 4.42 Å². The van der Waals surface area contributed by atoms with Crippen LogP contribution in [-0.2, 0) is 9.59 Å². The van der Waals surface area contributed by atoms with E-state index in [9.17, 15) is 18.8 Å². The van der Waals surface area contributed by atoms with Gasteiger partial charge in [-0.25, -0.2) is 14.1 Å². The summed E-state index contributed by atoms with van der Waals surface area (Å²) in [6.45, 7) is 0. The number of hydrogen-bond donors (Lipinski definition) is 1. The van der Waals surface area contributed by atoms with Crippen molar-refractivity contribution in [2.75, 3.05) is 4.90 Å². The number of barbiturate groups is 1. The summed E-state index contributed by atoms with van der Waals surface area (Å²) < 4.78 is 18.8. The zero-order chi connectivity index (χ0) is 19.7. The first kappa shape index (κ1) is 17.4. The number of nitrogens with one attached hydrogen (secondary N) is 1. The number of rotatable bonds is 3. The summed E-state index contributed by atoms with van der Waals surface area (Å²) in [7, 11) is 0. The summed E-state index contributed by atoms with van der Waals surface area (Å²) in [5, 5.41) is 2.11. The normalized spacial score (nSPS) is 15.8. The van der Waals surface area contributed by atoms with Gasteiger partial charge in [-0.05, 0) is 42.5 Å². The van der Waals surface area contributed by atoms with E-state index in [0.717, 1.165) is 22.6 Å². The van der Waals surface area contributed by atoms with E-state index in [0.29, 0.717) is 5.76 Å². The van der Waals surface area contributed by atoms with Crippen LogP contribution < -0.4 is 10.2 Å². The molecule has 0 unspecified atom stereocenters. The van der Waals surface area contributed by atoms with E-state index in [1.165, 1.54) is 18.2 Å². The Morgan fingerprint density at radius 3 is 2.32 bits per heavy atom. The van der Waals surface area contributed by atoms with Gasteiger partial charge in [-0.15, -0.1) is 0 Å². The van der Waals surface area contributed by atoms with Crippen molar-refractivity contribution >= 4 is 29.6 Å². The molecule has 1 aliphatic heterocycles. The molecule has 6 nitrogen and oxygen atoms in total. The molecule has 7 heteroatoms. The van der Waals surface area contributed by atoms with Gasteiger partial charge in [0, 0.05) is 5.56 Å². The topological polar surface area (TPSA) is 79.6 Å². The predicted molar refractivity (Wildman–Crippen MR) is 99.5 cm³/mol. The fourth-order valence-electron chi connectivity index (χ4n) is 2.81. The van der Waals surface area contributed by atoms with Gasteiger partial charge in [-0.1, -0.05) is 30.3 Å². The molecule has 1 fully saturated rings. The van der Waals surface area contributed by atoms with E-state index < -0.39 is 23.7 Å². The van der Waals surface area contributed by atoms with E-state index in [-0.39, 0.29) is 17.0 Å². The molecule has 1 aliphatic rings. The van der Waals surface area contributed by atoms with Crippen molar-refractivity contribution in [1.29, 1.82) is 0 Å². The lowest BCUT2D eigenvalue weighted by atomic mass is 10.1. The summed E-state index contributed by atoms with van der Waals surface area (Å²) in [5.41, 5.74) is 0.722. The molecule has 0 radical (unpaired) electrons. The van der Waals surface area contributed by atoms with Gasteiger partial charge in [0.1, 0.15) is 22.9 Å². The molecule has 0 spiro atoms. The Labute approximate surface area is 158 Å². The fourth-order valence-corrected chi connectivity index (χ4v) is 2.81. The number of halogens is 1. The Bertz CT molecular complexity index is 1100. The molecular weight excluding hydrogens is 363 g/mol. The van der Waals surface area contributed by atoms with Gasteiger partial charge in [0.2, 0.25) is 0 Å². The minimum absolute atomic E-state index is 0.145. The maximum absolute atomic E-state index is 13.1. The molecule has 0 bridgehead atoms. The average molecular weight is 376 g/mol. The van der Waals surface area contributed by atoms with E-state index in [1.807, 2.05) is 30.3 Å². The standard InChI is InChI=1S/C21H13FN2O4/c22-14-6-8-15(9-7-14)24-20(26)17(19(25)23-21(24)27)12-16-10-11-18(28-16)13-4-2-1-3-5-13/h1-12H,(H,23,25,27)/b17-12+. The third-order valence-corrected chi connectivity index (χ3v) is 4.16. The molecule has 28 heavy (non-hydrogen) atoms. The quantitative estimate of drug-likeness (QED) is 0.558. The highest BCUT2D eigenvalue weighted by Crippen LogP contribution is 2.25. The van der Waals surface area contributed by atoms with Crippen LogP contribution in [0.5, 0.6) is 0 Å². The lowest BCUT2D eigenvalue weighted by Gasteiger charge is -2.26. The molecule has 1 aromatic heterocycles. The number of imide groups is 2. The number of benzene rings is 2. The molecule has 1 N–H and O–H groups in total. The summed E-state index contributed by atoms with van der Waals surface area (Å²) >= 11 is 0. The highest BCUT2D eigenvalue weighted by atomic mass is 19.1. The molecule has 3 aromatic rings. The van der Waals surface area contributed by atoms with Crippen molar-refractivity contribution in [3.8, 4) is 11.3 Å². The Morgan fingerprint density at radius 1 is 0.893 bits per heavy atom. The van der Waals surface area contributed by atoms with Crippen molar-refractivity contribution in [3.05, 3.63) is 83.9 Å². The highest BCUT2D eigenvalue weighted by molar-refractivity contribution is 6.39. The predicted octanol–water partition coefficient (Wildman–Crippen LogP) is 3.75. The molecule has 1 saturated heterocycles. The number of carbonyl (C=O) groups is 3. The molecule has 2 heterocycles. The lowest BCUT2D eigenvalue weighted by Crippen LogP contribution is -2.54. The number of furan rings is 1. The second-order valence-electron chi connectivity index (χ2n) is 6.00. The summed E-state index contributed by atoms with van der Waals surface area (Å²) in [5.74, 6) is -1.30. The largest absolute Gasteiger partial charge is 0.457 e. The van der Waals surface area contributed by atoms with Gasteiger partial charge in [0.05, 0.1) is 5.69 Å². The number of carbonyl (C=O) groups excluding carboxylic acids is 3. The second-order valence-corrected chi connectivity index (χ2v) is 6.00. The molecule has 0 saturated carbocycles. The van der Waals surface area contributed by atoms with Crippen LogP contribution in [0.25, 0.3) is 17.4 Å². The first-order chi connectivity index (χ1) is 13.5. The van der Waals surface area contributed by atoms with Crippen LogP contribution in [0.4, 0.5) is 14.9 Å². The zero-order valence-corrected chi connectivity index (χ0v) is 14.4. The van der Waals surface area contributed by atoms with E-state index in [2.05, 4.69) is 5.32 Å². The Kier molecular flexibility index (Phi) is 4.33. The molecule has 4 rings (SSSR count). The van der Waals surface area contributed by atoms with Crippen LogP contribution in [-0.4, -0.2) is 17.8 Å². The number of nitrogens with zero attached hydrogens (tertiary/aromatic N) is 1. The van der Waals surface area contributed by atoms with E-state index >= 15 is 0 Å². The van der Waals surface area contributed by atoms with Crippen LogP contribution in [0.2, 0.25) is 0 Å². The van der Waals surface area contributed by atoms with Crippen molar-refractivity contribution in [3.63, 3.8) is 0 Å². The second kappa shape index (κ2) is 6.96. The SMILES string of the molecule is O=C1NC(=O)N(c2ccc(F)cc2)C(=O)/C1=C/c1ccc(-c2ccccc2)o1. The Hall–Kier alpha value is -4.00. The molecule has 2 aromatic carbocycles. The van der Waals surface area contributed by atoms with Crippen molar-refractivity contribution in [1.82, 2.24) is 5.32 Å². The van der Waals surface area contributed by atoms with Crippen LogP contribution in [0.3, 0.4) is 0 Å². The molecular formula is C21H13FN2O4. The highest BCUT2D eigenvalue weighted by Gasteiger charge is 2.37. The molecule has 4 amide bonds. The zero-order valence-electron chi connectivity index (χ0n) is 14.4. The third kappa shape index (κ3) is 3.21. The lowest BCUT2D eigenvalue weighted by molar-refractivity contribution is -0.122. The minimum Gasteiger partial charge on any atom is -0.457 e. The van der Waals surface area contributed by atoms with Gasteiger partial charge in [0.25, 0.3) is 11.8 Å². The third-order valence-electron chi connectivity index (χ3n) is 4.16. The van der Waals surface area contributed by atoms with Gasteiger partial charge < -0.3 is 4.42 Å². The molecule has 0 aliphatic carbocycles. The first-order valence-electron chi connectivity index (χ1n) is 8.35. The van der Waals surface area contributed by atoms with Gasteiger partial charge in [-0.2, -0.15) is 0 Å². The molecule has 138 valence electrons.